The zero-order valence-corrected chi connectivity index (χ0v) is 11.5. The van der Waals surface area contributed by atoms with Gasteiger partial charge in [-0.3, -0.25) is 0 Å². The number of carboxylic acid groups (broad SMARTS) is 1. The Labute approximate surface area is 112 Å². The van der Waals surface area contributed by atoms with Crippen LogP contribution in [0.15, 0.2) is 24.3 Å². The van der Waals surface area contributed by atoms with Crippen LogP contribution in [-0.4, -0.2) is 17.7 Å². The van der Waals surface area contributed by atoms with Crippen LogP contribution < -0.4 is 4.74 Å². The molecule has 98 valence electrons. The van der Waals surface area contributed by atoms with Crippen LogP contribution in [0, 0.1) is 5.92 Å². The highest BCUT2D eigenvalue weighted by Crippen LogP contribution is 2.31. The summed E-state index contributed by atoms with van der Waals surface area (Å²) in [4.78, 5) is 10.8. The van der Waals surface area contributed by atoms with E-state index in [1.807, 2.05) is 26.8 Å². The monoisotopic (exact) mass is 268 g/mol. The molecule has 3 nitrogen and oxygen atoms in total. The molecule has 0 radical (unpaired) electrons. The van der Waals surface area contributed by atoms with Gasteiger partial charge in [-0.1, -0.05) is 31.5 Å². The summed E-state index contributed by atoms with van der Waals surface area (Å²) in [7, 11) is 0. The van der Waals surface area contributed by atoms with Crippen LogP contribution in [0.5, 0.6) is 5.75 Å². The lowest BCUT2D eigenvalue weighted by molar-refractivity contribution is -0.131. The normalized spacial score (nSPS) is 11.7. The van der Waals surface area contributed by atoms with Gasteiger partial charge in [-0.2, -0.15) is 0 Å². The van der Waals surface area contributed by atoms with Gasteiger partial charge in [-0.15, -0.1) is 0 Å². The molecule has 0 saturated carbocycles. The Kier molecular flexibility index (Phi) is 5.23. The SMILES string of the molecule is CCOc1ccc(/C(=C/C(=O)O)C(C)C)cc1Cl. The van der Waals surface area contributed by atoms with Crippen molar-refractivity contribution < 1.29 is 14.6 Å². The van der Waals surface area contributed by atoms with E-state index in [0.29, 0.717) is 17.4 Å². The topological polar surface area (TPSA) is 46.5 Å². The number of aliphatic carboxylic acids is 1. The molecule has 0 heterocycles. The lowest BCUT2D eigenvalue weighted by atomic mass is 9.95. The van der Waals surface area contributed by atoms with Crippen LogP contribution >= 0.6 is 11.6 Å². The first-order valence-electron chi connectivity index (χ1n) is 5.83. The Morgan fingerprint density at radius 2 is 2.17 bits per heavy atom. The van der Waals surface area contributed by atoms with Crippen molar-refractivity contribution in [3.8, 4) is 5.75 Å². The number of ether oxygens (including phenoxy) is 1. The minimum Gasteiger partial charge on any atom is -0.492 e. The van der Waals surface area contributed by atoms with Crippen LogP contribution in [0.4, 0.5) is 0 Å². The average molecular weight is 269 g/mol. The average Bonchev–Trinajstić information content (AvgIpc) is 2.28. The number of rotatable bonds is 5. The molecule has 1 aromatic rings. The van der Waals surface area contributed by atoms with E-state index < -0.39 is 5.97 Å². The predicted molar refractivity (Wildman–Crippen MR) is 73.1 cm³/mol. The maximum Gasteiger partial charge on any atom is 0.328 e. The van der Waals surface area contributed by atoms with Crippen LogP contribution in [-0.2, 0) is 4.79 Å². The Hall–Kier alpha value is -1.48. The summed E-state index contributed by atoms with van der Waals surface area (Å²) >= 11 is 6.09. The molecule has 1 aromatic carbocycles. The van der Waals surface area contributed by atoms with Crippen molar-refractivity contribution in [2.24, 2.45) is 5.92 Å². The van der Waals surface area contributed by atoms with Crippen molar-refractivity contribution in [1.82, 2.24) is 0 Å². The van der Waals surface area contributed by atoms with E-state index in [9.17, 15) is 4.79 Å². The van der Waals surface area contributed by atoms with Gasteiger partial charge in [0.15, 0.2) is 0 Å². The Morgan fingerprint density at radius 1 is 1.50 bits per heavy atom. The fourth-order valence-electron chi connectivity index (χ4n) is 1.67. The summed E-state index contributed by atoms with van der Waals surface area (Å²) in [5.41, 5.74) is 1.55. The van der Waals surface area contributed by atoms with E-state index in [-0.39, 0.29) is 5.92 Å². The smallest absolute Gasteiger partial charge is 0.328 e. The number of hydrogen-bond acceptors (Lipinski definition) is 2. The number of carboxylic acids is 1. The molecular formula is C14H17ClO3. The first kappa shape index (κ1) is 14.6. The molecule has 0 bridgehead atoms. The molecule has 4 heteroatoms. The van der Waals surface area contributed by atoms with Gasteiger partial charge in [0, 0.05) is 6.08 Å². The third-order valence-corrected chi connectivity index (χ3v) is 2.76. The first-order valence-corrected chi connectivity index (χ1v) is 6.20. The lowest BCUT2D eigenvalue weighted by Gasteiger charge is -2.13. The van der Waals surface area contributed by atoms with Crippen LogP contribution in [0.2, 0.25) is 5.02 Å². The second-order valence-electron chi connectivity index (χ2n) is 4.17. The minimum atomic E-state index is -0.955. The predicted octanol–water partition coefficient (Wildman–Crippen LogP) is 3.86. The number of halogens is 1. The number of allylic oxidation sites excluding steroid dienone is 1. The molecule has 0 aliphatic rings. The second-order valence-corrected chi connectivity index (χ2v) is 4.58. The summed E-state index contributed by atoms with van der Waals surface area (Å²) in [5.74, 6) is -0.236. The van der Waals surface area contributed by atoms with E-state index in [4.69, 9.17) is 21.4 Å². The molecule has 0 atom stereocenters. The molecular weight excluding hydrogens is 252 g/mol. The first-order chi connectivity index (χ1) is 8.45. The van der Waals surface area contributed by atoms with Gasteiger partial charge in [0.25, 0.3) is 0 Å². The molecule has 0 amide bonds. The Bertz CT molecular complexity index is 464. The molecule has 0 spiro atoms. The highest BCUT2D eigenvalue weighted by atomic mass is 35.5. The lowest BCUT2D eigenvalue weighted by Crippen LogP contribution is -1.99. The van der Waals surface area contributed by atoms with Gasteiger partial charge < -0.3 is 9.84 Å². The Balaban J connectivity index is 3.15. The van der Waals surface area contributed by atoms with E-state index in [0.717, 1.165) is 11.1 Å². The number of benzene rings is 1. The largest absolute Gasteiger partial charge is 0.492 e. The van der Waals surface area contributed by atoms with Gasteiger partial charge in [-0.25, -0.2) is 4.79 Å². The van der Waals surface area contributed by atoms with Gasteiger partial charge in [-0.05, 0) is 36.1 Å². The fourth-order valence-corrected chi connectivity index (χ4v) is 1.90. The molecule has 1 rings (SSSR count). The molecule has 0 fully saturated rings. The summed E-state index contributed by atoms with van der Waals surface area (Å²) in [5, 5.41) is 9.36. The van der Waals surface area contributed by atoms with Crippen molar-refractivity contribution in [2.75, 3.05) is 6.61 Å². The summed E-state index contributed by atoms with van der Waals surface area (Å²) in [6, 6.07) is 5.33. The molecule has 1 N–H and O–H groups in total. The van der Waals surface area contributed by atoms with Crippen molar-refractivity contribution in [2.45, 2.75) is 20.8 Å². The van der Waals surface area contributed by atoms with Crippen molar-refractivity contribution in [1.29, 1.82) is 0 Å². The van der Waals surface area contributed by atoms with Crippen molar-refractivity contribution >= 4 is 23.1 Å². The molecule has 0 unspecified atom stereocenters. The standard InChI is InChI=1S/C14H17ClO3/c1-4-18-13-6-5-10(7-12(13)15)11(9(2)3)8-14(16)17/h5-9H,4H2,1-3H3,(H,16,17)/b11-8+. The van der Waals surface area contributed by atoms with Gasteiger partial charge in [0.1, 0.15) is 5.75 Å². The Morgan fingerprint density at radius 3 is 2.61 bits per heavy atom. The minimum absolute atomic E-state index is 0.107. The van der Waals surface area contributed by atoms with Crippen molar-refractivity contribution in [3.63, 3.8) is 0 Å². The van der Waals surface area contributed by atoms with Gasteiger partial charge >= 0.3 is 5.97 Å². The van der Waals surface area contributed by atoms with E-state index in [2.05, 4.69) is 0 Å². The zero-order chi connectivity index (χ0) is 13.7. The summed E-state index contributed by atoms with van der Waals surface area (Å²) in [6.07, 6.45) is 1.22. The second kappa shape index (κ2) is 6.45. The molecule has 0 aliphatic carbocycles. The van der Waals surface area contributed by atoms with Gasteiger partial charge in [0.2, 0.25) is 0 Å². The zero-order valence-electron chi connectivity index (χ0n) is 10.7. The van der Waals surface area contributed by atoms with Crippen molar-refractivity contribution in [3.05, 3.63) is 34.9 Å². The number of carbonyl (C=O) groups is 1. The molecule has 0 saturated heterocycles. The maximum absolute atomic E-state index is 10.8. The van der Waals surface area contributed by atoms with Crippen LogP contribution in [0.1, 0.15) is 26.3 Å². The fraction of sp³-hybridized carbons (Fsp3) is 0.357. The highest BCUT2D eigenvalue weighted by molar-refractivity contribution is 6.32. The summed E-state index contributed by atoms with van der Waals surface area (Å²) < 4.78 is 5.35. The van der Waals surface area contributed by atoms with E-state index in [1.165, 1.54) is 6.08 Å². The molecule has 0 aromatic heterocycles. The molecule has 0 aliphatic heterocycles. The highest BCUT2D eigenvalue weighted by Gasteiger charge is 2.11. The summed E-state index contributed by atoms with van der Waals surface area (Å²) in [6.45, 7) is 6.31. The van der Waals surface area contributed by atoms with Crippen LogP contribution in [0.25, 0.3) is 5.57 Å². The van der Waals surface area contributed by atoms with E-state index >= 15 is 0 Å². The third kappa shape index (κ3) is 3.77. The maximum atomic E-state index is 10.8. The quantitative estimate of drug-likeness (QED) is 0.825. The number of hydrogen-bond donors (Lipinski definition) is 1. The van der Waals surface area contributed by atoms with Gasteiger partial charge in [0.05, 0.1) is 11.6 Å². The van der Waals surface area contributed by atoms with E-state index in [1.54, 1.807) is 12.1 Å². The molecule has 18 heavy (non-hydrogen) atoms. The van der Waals surface area contributed by atoms with Crippen LogP contribution in [0.3, 0.4) is 0 Å². The third-order valence-electron chi connectivity index (χ3n) is 2.47.